The van der Waals surface area contributed by atoms with Crippen LogP contribution in [0.4, 0.5) is 0 Å². The van der Waals surface area contributed by atoms with E-state index in [0.29, 0.717) is 5.56 Å². The minimum absolute atomic E-state index is 0.127. The molecule has 0 saturated carbocycles. The van der Waals surface area contributed by atoms with E-state index in [1.165, 1.54) is 6.92 Å². The number of benzene rings is 1. The number of amides is 14. The van der Waals surface area contributed by atoms with Gasteiger partial charge in [-0.1, -0.05) is 58.0 Å². The molecule has 0 aromatic heterocycles. The number of carbonyl (C=O) groups is 19. The molecule has 0 unspecified atom stereocenters. The second-order valence-corrected chi connectivity index (χ2v) is 22.5. The van der Waals surface area contributed by atoms with E-state index in [1.807, 2.05) is 10.6 Å². The number of hydrogen-bond donors (Lipinski definition) is 21. The molecular formula is C57H85N15O25. The maximum absolute atomic E-state index is 14.2. The first-order chi connectivity index (χ1) is 45.3. The van der Waals surface area contributed by atoms with Gasteiger partial charge >= 0.3 is 29.8 Å². The van der Waals surface area contributed by atoms with E-state index in [-0.39, 0.29) is 18.8 Å². The van der Waals surface area contributed by atoms with Crippen LogP contribution in [0, 0.1) is 11.8 Å². The topological polar surface area (TPSA) is 640 Å². The van der Waals surface area contributed by atoms with Crippen molar-refractivity contribution in [2.45, 2.75) is 153 Å². The van der Waals surface area contributed by atoms with Crippen molar-refractivity contribution in [2.75, 3.05) is 39.3 Å². The van der Waals surface area contributed by atoms with Gasteiger partial charge in [0.25, 0.3) is 0 Å². The predicted octanol–water partition coefficient (Wildman–Crippen LogP) is -9.00. The molecule has 0 aliphatic heterocycles. The summed E-state index contributed by atoms with van der Waals surface area (Å²) in [5.74, 6) is -23.4. The van der Waals surface area contributed by atoms with Gasteiger partial charge in [-0.15, -0.1) is 0 Å². The van der Waals surface area contributed by atoms with Crippen molar-refractivity contribution in [3.63, 3.8) is 0 Å². The average molecular weight is 1380 g/mol. The quantitative estimate of drug-likeness (QED) is 0.0288. The third-order valence-electron chi connectivity index (χ3n) is 13.3. The van der Waals surface area contributed by atoms with E-state index < -0.39 is 257 Å². The molecule has 97 heavy (non-hydrogen) atoms. The molecule has 1 aromatic carbocycles. The van der Waals surface area contributed by atoms with Crippen LogP contribution in [0.3, 0.4) is 0 Å². The minimum Gasteiger partial charge on any atom is -0.481 e. The smallest absolute Gasteiger partial charge is 0.326 e. The molecule has 10 atom stereocenters. The van der Waals surface area contributed by atoms with Gasteiger partial charge in [-0.05, 0) is 50.5 Å². The highest BCUT2D eigenvalue weighted by Crippen LogP contribution is 2.11. The monoisotopic (exact) mass is 1380 g/mol. The number of nitrogens with one attached hydrogen (secondary N) is 14. The Balaban J connectivity index is 3.21. The third kappa shape index (κ3) is 34.7. The van der Waals surface area contributed by atoms with Crippen LogP contribution >= 0.6 is 0 Å². The van der Waals surface area contributed by atoms with Gasteiger partial charge in [-0.3, -0.25) is 86.3 Å². The zero-order valence-electron chi connectivity index (χ0n) is 53.7. The maximum atomic E-state index is 14.2. The van der Waals surface area contributed by atoms with Crippen molar-refractivity contribution in [1.82, 2.24) is 74.4 Å². The third-order valence-corrected chi connectivity index (χ3v) is 13.3. The largest absolute Gasteiger partial charge is 0.481 e. The Hall–Kier alpha value is -10.9. The molecular weight excluding hydrogens is 1290 g/mol. The Labute approximate surface area is 553 Å². The van der Waals surface area contributed by atoms with E-state index >= 15 is 0 Å². The SMILES string of the molecule is CC(C)C[C@H](NC(=O)[C@H](Cc1ccccc1)NC(=O)[C@H](CC(=O)O)NC(=O)CNC(=O)[C@H](CCC(=O)O)NC(=O)CNC(=O)[C@H](CO)NC(=O)[C@H](CC(=O)O)NC(=O)[C@H](C)N)C(=O)N[C@@H](C)C(=O)N[C@@H](CCC(=O)O)C(=O)NCC(=O)NCC(=O)NCC(=O)N[C@H](C(=O)O)C(C)C. The summed E-state index contributed by atoms with van der Waals surface area (Å²) in [6.07, 6.45) is -5.20. The summed E-state index contributed by atoms with van der Waals surface area (Å²) in [5, 5.41) is 87.3. The van der Waals surface area contributed by atoms with E-state index in [4.69, 9.17) is 5.73 Å². The molecule has 0 heterocycles. The number of nitrogens with two attached hydrogens (primary N) is 1. The first-order valence-corrected chi connectivity index (χ1v) is 29.9. The second kappa shape index (κ2) is 43.1. The first kappa shape index (κ1) is 84.1. The van der Waals surface area contributed by atoms with Gasteiger partial charge in [0.2, 0.25) is 82.7 Å². The van der Waals surface area contributed by atoms with Gasteiger partial charge in [0, 0.05) is 19.3 Å². The van der Waals surface area contributed by atoms with Crippen molar-refractivity contribution in [2.24, 2.45) is 17.6 Å². The molecule has 0 radical (unpaired) electrons. The Bertz CT molecular complexity index is 3020. The molecule has 0 fully saturated rings. The number of carboxylic acids is 5. The Morgan fingerprint density at radius 1 is 0.381 bits per heavy atom. The van der Waals surface area contributed by atoms with E-state index in [9.17, 15) is 122 Å². The lowest BCUT2D eigenvalue weighted by molar-refractivity contribution is -0.143. The predicted molar refractivity (Wildman–Crippen MR) is 329 cm³/mol. The summed E-state index contributed by atoms with van der Waals surface area (Å²) >= 11 is 0. The van der Waals surface area contributed by atoms with Gasteiger partial charge in [-0.2, -0.15) is 0 Å². The van der Waals surface area contributed by atoms with Crippen molar-refractivity contribution in [1.29, 1.82) is 0 Å². The first-order valence-electron chi connectivity index (χ1n) is 29.9. The molecule has 0 spiro atoms. The summed E-state index contributed by atoms with van der Waals surface area (Å²) < 4.78 is 0. The van der Waals surface area contributed by atoms with Crippen LogP contribution in [-0.4, -0.2) is 243 Å². The lowest BCUT2D eigenvalue weighted by atomic mass is 10.0. The fourth-order valence-corrected chi connectivity index (χ4v) is 8.18. The Morgan fingerprint density at radius 3 is 1.20 bits per heavy atom. The molecule has 1 aromatic rings. The normalized spacial score (nSPS) is 13.9. The van der Waals surface area contributed by atoms with Crippen LogP contribution < -0.4 is 80.2 Å². The summed E-state index contributed by atoms with van der Waals surface area (Å²) in [6, 6.07) is -8.27. The fourth-order valence-electron chi connectivity index (χ4n) is 8.18. The molecule has 538 valence electrons. The minimum atomic E-state index is -2.01. The highest BCUT2D eigenvalue weighted by atomic mass is 16.4. The highest BCUT2D eigenvalue weighted by Gasteiger charge is 2.35. The number of carbonyl (C=O) groups excluding carboxylic acids is 14. The molecule has 0 saturated heterocycles. The van der Waals surface area contributed by atoms with Gasteiger partial charge < -0.3 is 111 Å². The summed E-state index contributed by atoms with van der Waals surface area (Å²) in [6.45, 7) is 3.45. The van der Waals surface area contributed by atoms with Crippen LogP contribution in [0.1, 0.15) is 92.1 Å². The second-order valence-electron chi connectivity index (χ2n) is 22.5. The standard InChI is InChI=1S/C57H85N15O25/c1-26(2)16-33(53(92)64-29(6)49(88)67-32(13-15-44(81)82)51(90)61-21-39(75)59-20-38(74)60-22-42(78)72-47(27(3)4)57(96)97)69-54(93)34(17-30-10-8-7-9-11-30)70-55(94)35(18-45(83)84)66-41(77)24-62-50(89)31(12-14-43(79)80)65-40(76)23-63-52(91)37(25-73)71-56(95)36(19-46(85)86)68-48(87)28(5)58/h7-11,26-29,31-37,47,73H,12-25,58H2,1-6H3,(H,59,75)(H,60,74)(H,61,90)(H,62,89)(H,63,91)(H,64,92)(H,65,76)(H,66,77)(H,67,88)(H,68,87)(H,69,93)(H,70,94)(H,71,95)(H,72,78)(H,79,80)(H,81,82)(H,83,84)(H,85,86)(H,96,97)/t28-,29-,31-,32-,33-,34-,35-,36-,37-,47-/m0/s1. The van der Waals surface area contributed by atoms with Gasteiger partial charge in [-0.25, -0.2) is 4.79 Å². The number of aliphatic hydroxyl groups excluding tert-OH is 1. The summed E-state index contributed by atoms with van der Waals surface area (Å²) in [4.78, 5) is 241. The van der Waals surface area contributed by atoms with Crippen LogP contribution in [0.2, 0.25) is 0 Å². The molecule has 40 nitrogen and oxygen atoms in total. The lowest BCUT2D eigenvalue weighted by Gasteiger charge is -2.27. The number of aliphatic carboxylic acids is 5. The van der Waals surface area contributed by atoms with Crippen LogP contribution in [0.15, 0.2) is 30.3 Å². The van der Waals surface area contributed by atoms with Crippen molar-refractivity contribution in [3.05, 3.63) is 35.9 Å². The fraction of sp³-hybridized carbons (Fsp3) is 0.561. The lowest BCUT2D eigenvalue weighted by Crippen LogP contribution is -2.59. The van der Waals surface area contributed by atoms with Crippen LogP contribution in [-0.2, 0) is 97.5 Å². The molecule has 40 heteroatoms. The Kier molecular flexibility index (Phi) is 37.4. The number of rotatable bonds is 45. The number of aliphatic hydroxyl groups is 1. The van der Waals surface area contributed by atoms with Gasteiger partial charge in [0.15, 0.2) is 0 Å². The van der Waals surface area contributed by atoms with E-state index in [1.54, 1.807) is 58.0 Å². The maximum Gasteiger partial charge on any atom is 0.326 e. The van der Waals surface area contributed by atoms with Crippen LogP contribution in [0.25, 0.3) is 0 Å². The zero-order chi connectivity index (χ0) is 73.8. The molecule has 0 bridgehead atoms. The van der Waals surface area contributed by atoms with Crippen molar-refractivity contribution in [3.8, 4) is 0 Å². The van der Waals surface area contributed by atoms with Crippen molar-refractivity contribution >= 4 is 113 Å². The van der Waals surface area contributed by atoms with Gasteiger partial charge in [0.05, 0.1) is 58.2 Å². The van der Waals surface area contributed by atoms with Crippen molar-refractivity contribution < 1.29 is 122 Å². The summed E-state index contributed by atoms with van der Waals surface area (Å²) in [5.41, 5.74) is 5.86. The number of hydrogen-bond acceptors (Lipinski definition) is 21. The number of carboxylic acid groups (broad SMARTS) is 5. The van der Waals surface area contributed by atoms with E-state index in [0.717, 1.165) is 6.92 Å². The molecule has 22 N–H and O–H groups in total. The van der Waals surface area contributed by atoms with E-state index in [2.05, 4.69) is 63.8 Å². The molecule has 0 aliphatic carbocycles. The molecule has 14 amide bonds. The zero-order valence-corrected chi connectivity index (χ0v) is 53.7. The molecule has 0 aliphatic rings. The van der Waals surface area contributed by atoms with Gasteiger partial charge in [0.1, 0.15) is 54.4 Å². The molecule has 1 rings (SSSR count). The highest BCUT2D eigenvalue weighted by molar-refractivity contribution is 6.00. The average Bonchev–Trinajstić information content (AvgIpc) is 0.895. The Morgan fingerprint density at radius 2 is 0.753 bits per heavy atom. The summed E-state index contributed by atoms with van der Waals surface area (Å²) in [7, 11) is 0. The van der Waals surface area contributed by atoms with Crippen LogP contribution in [0.5, 0.6) is 0 Å².